The van der Waals surface area contributed by atoms with Crippen LogP contribution in [-0.4, -0.2) is 49.1 Å². The predicted molar refractivity (Wildman–Crippen MR) is 103 cm³/mol. The Kier molecular flexibility index (Phi) is 5.82. The molecule has 0 unspecified atom stereocenters. The van der Waals surface area contributed by atoms with Gasteiger partial charge in [0.25, 0.3) is 5.69 Å². The number of hydrogen-bond donors (Lipinski definition) is 2. The number of nitro groups is 1. The summed E-state index contributed by atoms with van der Waals surface area (Å²) in [5, 5.41) is 24.2. The van der Waals surface area contributed by atoms with E-state index in [1.54, 1.807) is 25.1 Å². The van der Waals surface area contributed by atoms with Crippen molar-refractivity contribution in [1.82, 2.24) is 4.31 Å². The van der Waals surface area contributed by atoms with Gasteiger partial charge >= 0.3 is 0 Å². The zero-order chi connectivity index (χ0) is 20.3. The number of phenols is 1. The minimum absolute atomic E-state index is 0.0904. The largest absolute Gasteiger partial charge is 0.508 e. The molecule has 1 aliphatic rings. The van der Waals surface area contributed by atoms with E-state index in [-0.39, 0.29) is 41.2 Å². The van der Waals surface area contributed by atoms with Crippen LogP contribution in [0.4, 0.5) is 11.4 Å². The smallest absolute Gasteiger partial charge is 0.293 e. The monoisotopic (exact) mass is 407 g/mol. The lowest BCUT2D eigenvalue weighted by molar-refractivity contribution is -0.384. The first kappa shape index (κ1) is 20.1. The van der Waals surface area contributed by atoms with Gasteiger partial charge in [-0.1, -0.05) is 12.1 Å². The summed E-state index contributed by atoms with van der Waals surface area (Å²) in [6, 6.07) is 10.0. The first-order chi connectivity index (χ1) is 13.3. The second-order valence-electron chi connectivity index (χ2n) is 6.41. The fourth-order valence-electron chi connectivity index (χ4n) is 2.99. The van der Waals surface area contributed by atoms with Crippen molar-refractivity contribution < 1.29 is 23.2 Å². The third-order valence-electron chi connectivity index (χ3n) is 4.52. The van der Waals surface area contributed by atoms with E-state index in [1.807, 2.05) is 0 Å². The molecule has 2 aromatic carbocycles. The molecular formula is C18H21N3O6S. The number of ether oxygens (including phenoxy) is 1. The lowest BCUT2D eigenvalue weighted by Crippen LogP contribution is -2.40. The number of sulfonamides is 1. The predicted octanol–water partition coefficient (Wildman–Crippen LogP) is 2.49. The van der Waals surface area contributed by atoms with E-state index in [1.165, 1.54) is 22.5 Å². The molecule has 0 aromatic heterocycles. The van der Waals surface area contributed by atoms with E-state index < -0.39 is 14.9 Å². The number of anilines is 1. The van der Waals surface area contributed by atoms with E-state index in [2.05, 4.69) is 5.32 Å². The molecule has 28 heavy (non-hydrogen) atoms. The first-order valence-corrected chi connectivity index (χ1v) is 10.1. The van der Waals surface area contributed by atoms with E-state index in [0.717, 1.165) is 11.6 Å². The summed E-state index contributed by atoms with van der Waals surface area (Å²) in [6.45, 7) is 2.80. The minimum atomic E-state index is -3.83. The van der Waals surface area contributed by atoms with Gasteiger partial charge in [-0.2, -0.15) is 4.31 Å². The Morgan fingerprint density at radius 2 is 1.93 bits per heavy atom. The Labute approximate surface area is 162 Å². The second-order valence-corrected chi connectivity index (χ2v) is 8.35. The van der Waals surface area contributed by atoms with Gasteiger partial charge in [0.05, 0.1) is 23.0 Å². The summed E-state index contributed by atoms with van der Waals surface area (Å²) in [5.41, 5.74) is 0.599. The molecule has 1 atom stereocenters. The average molecular weight is 407 g/mol. The molecule has 0 bridgehead atoms. The molecule has 0 aliphatic carbocycles. The quantitative estimate of drug-likeness (QED) is 0.557. The fourth-order valence-corrected chi connectivity index (χ4v) is 4.42. The van der Waals surface area contributed by atoms with Gasteiger partial charge in [0.2, 0.25) is 10.0 Å². The minimum Gasteiger partial charge on any atom is -0.508 e. The van der Waals surface area contributed by atoms with Gasteiger partial charge in [0, 0.05) is 25.2 Å². The molecule has 10 heteroatoms. The summed E-state index contributed by atoms with van der Waals surface area (Å²) in [4.78, 5) is 10.8. The van der Waals surface area contributed by atoms with Crippen LogP contribution < -0.4 is 5.32 Å². The lowest BCUT2D eigenvalue weighted by atomic mass is 10.1. The highest BCUT2D eigenvalue weighted by molar-refractivity contribution is 7.89. The zero-order valence-corrected chi connectivity index (χ0v) is 16.1. The molecule has 2 N–H and O–H groups in total. The van der Waals surface area contributed by atoms with Crippen LogP contribution in [0.5, 0.6) is 5.75 Å². The number of aromatic hydroxyl groups is 1. The highest BCUT2D eigenvalue weighted by atomic mass is 32.2. The second kappa shape index (κ2) is 8.13. The maximum Gasteiger partial charge on any atom is 0.293 e. The van der Waals surface area contributed by atoms with Gasteiger partial charge in [0.15, 0.2) is 0 Å². The third kappa shape index (κ3) is 4.24. The van der Waals surface area contributed by atoms with Crippen molar-refractivity contribution >= 4 is 21.4 Å². The number of morpholine rings is 1. The number of nitrogens with one attached hydrogen (secondary N) is 1. The number of benzene rings is 2. The summed E-state index contributed by atoms with van der Waals surface area (Å²) < 4.78 is 31.9. The molecular weight excluding hydrogens is 386 g/mol. The van der Waals surface area contributed by atoms with Crippen molar-refractivity contribution in [2.75, 3.05) is 31.6 Å². The van der Waals surface area contributed by atoms with E-state index >= 15 is 0 Å². The number of hydrogen-bond acceptors (Lipinski definition) is 7. The zero-order valence-electron chi connectivity index (χ0n) is 15.2. The molecule has 1 saturated heterocycles. The SMILES string of the molecule is C[C@@H](Nc1ccc(S(=O)(=O)N2CCOCC2)cc1[N+](=O)[O-])c1cccc(O)c1. The van der Waals surface area contributed by atoms with E-state index in [9.17, 15) is 23.6 Å². The van der Waals surface area contributed by atoms with Crippen molar-refractivity contribution in [3.05, 3.63) is 58.1 Å². The van der Waals surface area contributed by atoms with Crippen molar-refractivity contribution in [3.8, 4) is 5.75 Å². The normalized spacial score (nSPS) is 16.5. The molecule has 1 heterocycles. The number of phenolic OH excluding ortho intramolecular Hbond substituents is 1. The molecule has 0 spiro atoms. The van der Waals surface area contributed by atoms with Crippen LogP contribution in [0.15, 0.2) is 47.4 Å². The van der Waals surface area contributed by atoms with Crippen LogP contribution >= 0.6 is 0 Å². The van der Waals surface area contributed by atoms with Crippen LogP contribution in [0, 0.1) is 10.1 Å². The summed E-state index contributed by atoms with van der Waals surface area (Å²) in [7, 11) is -3.83. The van der Waals surface area contributed by atoms with Crippen LogP contribution in [0.3, 0.4) is 0 Å². The molecule has 9 nitrogen and oxygen atoms in total. The standard InChI is InChI=1S/C18H21N3O6S/c1-13(14-3-2-4-15(22)11-14)19-17-6-5-16(12-18(17)21(23)24)28(25,26)20-7-9-27-10-8-20/h2-6,11-13,19,22H,7-10H2,1H3/t13-/m1/s1. The first-order valence-electron chi connectivity index (χ1n) is 8.71. The van der Waals surface area contributed by atoms with E-state index in [4.69, 9.17) is 4.74 Å². The Hall–Kier alpha value is -2.69. The maximum absolute atomic E-state index is 12.8. The number of nitro benzene ring substituents is 1. The van der Waals surface area contributed by atoms with E-state index in [0.29, 0.717) is 13.2 Å². The van der Waals surface area contributed by atoms with Gasteiger partial charge in [-0.25, -0.2) is 8.42 Å². The van der Waals surface area contributed by atoms with Crippen LogP contribution in [-0.2, 0) is 14.8 Å². The van der Waals surface area contributed by atoms with Crippen molar-refractivity contribution in [1.29, 1.82) is 0 Å². The summed E-state index contributed by atoms with van der Waals surface area (Å²) in [5.74, 6) is 0.0904. The van der Waals surface area contributed by atoms with Crippen molar-refractivity contribution in [2.45, 2.75) is 17.9 Å². The average Bonchev–Trinajstić information content (AvgIpc) is 2.68. The molecule has 2 aromatic rings. The van der Waals surface area contributed by atoms with Crippen LogP contribution in [0.25, 0.3) is 0 Å². The molecule has 0 radical (unpaired) electrons. The summed E-state index contributed by atoms with van der Waals surface area (Å²) >= 11 is 0. The fraction of sp³-hybridized carbons (Fsp3) is 0.333. The summed E-state index contributed by atoms with van der Waals surface area (Å²) in [6.07, 6.45) is 0. The third-order valence-corrected chi connectivity index (χ3v) is 6.41. The lowest BCUT2D eigenvalue weighted by Gasteiger charge is -2.26. The molecule has 0 saturated carbocycles. The molecule has 3 rings (SSSR count). The maximum atomic E-state index is 12.8. The van der Waals surface area contributed by atoms with Gasteiger partial charge < -0.3 is 15.2 Å². The van der Waals surface area contributed by atoms with Gasteiger partial charge in [0.1, 0.15) is 11.4 Å². The Morgan fingerprint density at radius 1 is 1.21 bits per heavy atom. The molecule has 0 amide bonds. The van der Waals surface area contributed by atoms with Gasteiger partial charge in [-0.05, 0) is 36.8 Å². The topological polar surface area (TPSA) is 122 Å². The van der Waals surface area contributed by atoms with Crippen LogP contribution in [0.1, 0.15) is 18.5 Å². The Balaban J connectivity index is 1.90. The Bertz CT molecular complexity index is 973. The van der Waals surface area contributed by atoms with Crippen molar-refractivity contribution in [2.24, 2.45) is 0 Å². The van der Waals surface area contributed by atoms with Crippen molar-refractivity contribution in [3.63, 3.8) is 0 Å². The molecule has 150 valence electrons. The van der Waals surface area contributed by atoms with Crippen LogP contribution in [0.2, 0.25) is 0 Å². The molecule has 1 aliphatic heterocycles. The number of nitrogens with zero attached hydrogens (tertiary/aromatic N) is 2. The highest BCUT2D eigenvalue weighted by Gasteiger charge is 2.29. The number of rotatable bonds is 6. The van der Waals surface area contributed by atoms with Gasteiger partial charge in [-0.15, -0.1) is 0 Å². The highest BCUT2D eigenvalue weighted by Crippen LogP contribution is 2.32. The Morgan fingerprint density at radius 3 is 2.57 bits per heavy atom. The molecule has 1 fully saturated rings. The van der Waals surface area contributed by atoms with Gasteiger partial charge in [-0.3, -0.25) is 10.1 Å².